The highest BCUT2D eigenvalue weighted by Crippen LogP contribution is 2.07. The molecule has 5 heteroatoms. The molecule has 5 nitrogen and oxygen atoms in total. The van der Waals surface area contributed by atoms with E-state index < -0.39 is 0 Å². The number of nitrogens with one attached hydrogen (secondary N) is 1. The summed E-state index contributed by atoms with van der Waals surface area (Å²) < 4.78 is 1.66. The van der Waals surface area contributed by atoms with E-state index in [1.807, 2.05) is 25.1 Å². The Kier molecular flexibility index (Phi) is 6.37. The molecule has 0 saturated heterocycles. The first-order valence-corrected chi connectivity index (χ1v) is 9.82. The molecule has 2 heterocycles. The van der Waals surface area contributed by atoms with Gasteiger partial charge in [0.15, 0.2) is 6.04 Å². The van der Waals surface area contributed by atoms with Gasteiger partial charge in [-0.1, -0.05) is 36.4 Å². The summed E-state index contributed by atoms with van der Waals surface area (Å²) >= 11 is 0. The molecule has 27 heavy (non-hydrogen) atoms. The van der Waals surface area contributed by atoms with E-state index in [0.29, 0.717) is 12.6 Å². The minimum absolute atomic E-state index is 0.00729. The van der Waals surface area contributed by atoms with Crippen LogP contribution >= 0.6 is 0 Å². The van der Waals surface area contributed by atoms with Gasteiger partial charge in [-0.25, -0.2) is 4.98 Å². The smallest absolute Gasteiger partial charge is 0.258 e. The molecule has 0 bridgehead atoms. The van der Waals surface area contributed by atoms with Crippen LogP contribution in [0.3, 0.4) is 0 Å². The molecular formula is C22H30N4O+2. The second-order valence-electron chi connectivity index (χ2n) is 7.06. The zero-order valence-corrected chi connectivity index (χ0v) is 16.5. The summed E-state index contributed by atoms with van der Waals surface area (Å²) in [5.74, 6) is 0. The third-order valence-corrected chi connectivity index (χ3v) is 5.28. The normalized spacial score (nSPS) is 12.6. The SMILES string of the molecule is CC[NH+](CC)C[C@@H]([NH2+]Cc1cc(=O)n2c(C)cccc2n1)c1ccccc1. The Morgan fingerprint density at radius 3 is 2.52 bits per heavy atom. The van der Waals surface area contributed by atoms with E-state index in [-0.39, 0.29) is 5.56 Å². The third kappa shape index (κ3) is 4.62. The van der Waals surface area contributed by atoms with Gasteiger partial charge < -0.3 is 10.2 Å². The van der Waals surface area contributed by atoms with Crippen molar-refractivity contribution >= 4 is 5.65 Å². The van der Waals surface area contributed by atoms with Crippen LogP contribution in [-0.4, -0.2) is 29.0 Å². The van der Waals surface area contributed by atoms with Crippen LogP contribution in [0.1, 0.15) is 36.8 Å². The van der Waals surface area contributed by atoms with E-state index in [1.54, 1.807) is 15.4 Å². The second kappa shape index (κ2) is 8.93. The van der Waals surface area contributed by atoms with Gasteiger partial charge in [0.2, 0.25) is 0 Å². The Morgan fingerprint density at radius 2 is 1.81 bits per heavy atom. The Hall–Kier alpha value is -2.50. The van der Waals surface area contributed by atoms with Crippen molar-refractivity contribution in [1.29, 1.82) is 0 Å². The van der Waals surface area contributed by atoms with Crippen LogP contribution < -0.4 is 15.8 Å². The van der Waals surface area contributed by atoms with Crippen molar-refractivity contribution in [2.24, 2.45) is 0 Å². The standard InChI is InChI=1S/C22H28N4O/c1-4-25(5-2)16-20(18-11-7-6-8-12-18)23-15-19-14-22(27)26-17(3)10-9-13-21(26)24-19/h6-14,20,23H,4-5,15-16H2,1-3H3/p+2/t20-/m1/s1. The molecule has 3 aromatic rings. The van der Waals surface area contributed by atoms with Crippen molar-refractivity contribution in [2.75, 3.05) is 19.6 Å². The van der Waals surface area contributed by atoms with Gasteiger partial charge in [-0.05, 0) is 32.9 Å². The molecular weight excluding hydrogens is 336 g/mol. The number of hydrogen-bond acceptors (Lipinski definition) is 2. The van der Waals surface area contributed by atoms with Crippen molar-refractivity contribution in [2.45, 2.75) is 33.4 Å². The average molecular weight is 367 g/mol. The molecule has 0 radical (unpaired) electrons. The zero-order chi connectivity index (χ0) is 19.2. The molecule has 0 spiro atoms. The molecule has 0 aliphatic carbocycles. The van der Waals surface area contributed by atoms with Crippen LogP contribution in [-0.2, 0) is 6.54 Å². The lowest BCUT2D eigenvalue weighted by Gasteiger charge is -2.22. The van der Waals surface area contributed by atoms with Crippen molar-refractivity contribution in [3.63, 3.8) is 0 Å². The van der Waals surface area contributed by atoms with Gasteiger partial charge >= 0.3 is 0 Å². The van der Waals surface area contributed by atoms with E-state index in [0.717, 1.165) is 36.7 Å². The summed E-state index contributed by atoms with van der Waals surface area (Å²) in [4.78, 5) is 18.8. The summed E-state index contributed by atoms with van der Waals surface area (Å²) in [6.45, 7) is 10.4. The summed E-state index contributed by atoms with van der Waals surface area (Å²) in [6.07, 6.45) is 0. The first-order valence-electron chi connectivity index (χ1n) is 9.82. The Labute approximate surface area is 160 Å². The van der Waals surface area contributed by atoms with Crippen LogP contribution in [0.25, 0.3) is 5.65 Å². The van der Waals surface area contributed by atoms with Gasteiger partial charge in [-0.15, -0.1) is 0 Å². The predicted octanol–water partition coefficient (Wildman–Crippen LogP) is 0.732. The number of likely N-dealkylation sites (N-methyl/N-ethyl adjacent to an activating group) is 1. The van der Waals surface area contributed by atoms with Crippen LogP contribution in [0.5, 0.6) is 0 Å². The first kappa shape index (κ1) is 19.3. The number of hydrogen-bond donors (Lipinski definition) is 2. The highest BCUT2D eigenvalue weighted by Gasteiger charge is 2.20. The summed E-state index contributed by atoms with van der Waals surface area (Å²) in [5.41, 5.74) is 3.78. The van der Waals surface area contributed by atoms with Crippen molar-refractivity contribution < 1.29 is 10.2 Å². The minimum Gasteiger partial charge on any atom is -0.330 e. The number of nitrogens with zero attached hydrogens (tertiary/aromatic N) is 2. The van der Waals surface area contributed by atoms with Crippen LogP contribution in [0, 0.1) is 6.92 Å². The molecule has 0 fully saturated rings. The quantitative estimate of drug-likeness (QED) is 0.618. The molecule has 0 amide bonds. The molecule has 3 N–H and O–H groups in total. The second-order valence-corrected chi connectivity index (χ2v) is 7.06. The topological polar surface area (TPSA) is 55.4 Å². The van der Waals surface area contributed by atoms with Gasteiger partial charge in [0.1, 0.15) is 24.4 Å². The van der Waals surface area contributed by atoms with E-state index in [2.05, 4.69) is 49.5 Å². The summed E-state index contributed by atoms with van der Waals surface area (Å²) in [7, 11) is 0. The van der Waals surface area contributed by atoms with Crippen molar-refractivity contribution in [3.05, 3.63) is 81.9 Å². The fourth-order valence-corrected chi connectivity index (χ4v) is 3.62. The Morgan fingerprint density at radius 1 is 1.07 bits per heavy atom. The van der Waals surface area contributed by atoms with Crippen LogP contribution in [0.4, 0.5) is 0 Å². The zero-order valence-electron chi connectivity index (χ0n) is 16.5. The third-order valence-electron chi connectivity index (χ3n) is 5.28. The molecule has 1 aromatic carbocycles. The molecule has 0 saturated carbocycles. The number of fused-ring (bicyclic) bond motifs is 1. The number of quaternary nitrogens is 2. The lowest BCUT2D eigenvalue weighted by atomic mass is 10.1. The van der Waals surface area contributed by atoms with E-state index in [4.69, 9.17) is 4.98 Å². The van der Waals surface area contributed by atoms with Gasteiger partial charge in [0.25, 0.3) is 5.56 Å². The Bertz CT molecular complexity index is 932. The first-order chi connectivity index (χ1) is 13.1. The lowest BCUT2D eigenvalue weighted by molar-refractivity contribution is -0.919. The lowest BCUT2D eigenvalue weighted by Crippen LogP contribution is -3.14. The van der Waals surface area contributed by atoms with E-state index in [9.17, 15) is 4.79 Å². The van der Waals surface area contributed by atoms with E-state index in [1.165, 1.54) is 5.56 Å². The highest BCUT2D eigenvalue weighted by atomic mass is 16.1. The fourth-order valence-electron chi connectivity index (χ4n) is 3.62. The maximum Gasteiger partial charge on any atom is 0.258 e. The van der Waals surface area contributed by atoms with Crippen molar-refractivity contribution in [3.8, 4) is 0 Å². The van der Waals surface area contributed by atoms with Crippen molar-refractivity contribution in [1.82, 2.24) is 9.38 Å². The summed E-state index contributed by atoms with van der Waals surface area (Å²) in [6, 6.07) is 18.4. The molecule has 2 aromatic heterocycles. The predicted molar refractivity (Wildman–Crippen MR) is 108 cm³/mol. The maximum absolute atomic E-state index is 12.5. The number of aromatic nitrogens is 2. The van der Waals surface area contributed by atoms with Crippen LogP contribution in [0.15, 0.2) is 59.4 Å². The monoisotopic (exact) mass is 366 g/mol. The number of pyridine rings is 1. The largest absolute Gasteiger partial charge is 0.330 e. The number of aryl methyl sites for hydroxylation is 1. The average Bonchev–Trinajstić information content (AvgIpc) is 2.69. The highest BCUT2D eigenvalue weighted by molar-refractivity contribution is 5.40. The van der Waals surface area contributed by atoms with Gasteiger partial charge in [-0.2, -0.15) is 0 Å². The molecule has 1 atom stereocenters. The fraction of sp³-hybridized carbons (Fsp3) is 0.364. The summed E-state index contributed by atoms with van der Waals surface area (Å²) in [5, 5.41) is 2.31. The number of benzene rings is 1. The molecule has 0 aliphatic heterocycles. The maximum atomic E-state index is 12.5. The van der Waals surface area contributed by atoms with Gasteiger partial charge in [0, 0.05) is 17.3 Å². The molecule has 3 rings (SSSR count). The minimum atomic E-state index is -0.00729. The number of nitrogens with two attached hydrogens (primary N) is 1. The Balaban J connectivity index is 1.83. The number of rotatable bonds is 8. The van der Waals surface area contributed by atoms with Gasteiger partial charge in [0.05, 0.1) is 13.1 Å². The molecule has 0 unspecified atom stereocenters. The van der Waals surface area contributed by atoms with Gasteiger partial charge in [-0.3, -0.25) is 9.20 Å². The molecule has 0 aliphatic rings. The van der Waals surface area contributed by atoms with E-state index >= 15 is 0 Å². The van der Waals surface area contributed by atoms with Crippen LogP contribution in [0.2, 0.25) is 0 Å². The molecule has 142 valence electrons.